The Morgan fingerprint density at radius 3 is 2.33 bits per heavy atom. The lowest BCUT2D eigenvalue weighted by atomic mass is 9.91. The van der Waals surface area contributed by atoms with E-state index >= 15 is 0 Å². The van der Waals surface area contributed by atoms with Gasteiger partial charge in [-0.1, -0.05) is 0 Å². The Balaban J connectivity index is 1.73. The zero-order valence-corrected chi connectivity index (χ0v) is 13.7. The first-order chi connectivity index (χ1) is 11.4. The average Bonchev–Trinajstić information content (AvgIpc) is 2.55. The first kappa shape index (κ1) is 16.6. The van der Waals surface area contributed by atoms with Gasteiger partial charge in [0.25, 0.3) is 0 Å². The van der Waals surface area contributed by atoms with E-state index in [-0.39, 0.29) is 16.8 Å². The normalized spacial score (nSPS) is 17.0. The van der Waals surface area contributed by atoms with Gasteiger partial charge >= 0.3 is 0 Å². The fourth-order valence-electron chi connectivity index (χ4n) is 2.90. The van der Waals surface area contributed by atoms with Gasteiger partial charge in [0.05, 0.1) is 4.90 Å². The number of halogens is 1. The highest BCUT2D eigenvalue weighted by atomic mass is 32.2. The number of piperidine rings is 1. The summed E-state index contributed by atoms with van der Waals surface area (Å²) in [4.78, 5) is 8.00. The maximum Gasteiger partial charge on any atom is 0.243 e. The van der Waals surface area contributed by atoms with E-state index in [0.29, 0.717) is 31.7 Å². The second-order valence-corrected chi connectivity index (χ2v) is 7.64. The third-order valence-corrected chi connectivity index (χ3v) is 6.12. The van der Waals surface area contributed by atoms with Crippen molar-refractivity contribution in [1.82, 2.24) is 14.3 Å². The summed E-state index contributed by atoms with van der Waals surface area (Å²) in [7, 11) is -3.62. The molecule has 0 unspecified atom stereocenters. The van der Waals surface area contributed by atoms with Crippen molar-refractivity contribution >= 4 is 21.8 Å². The number of sulfonamides is 1. The van der Waals surface area contributed by atoms with Crippen LogP contribution in [0.2, 0.25) is 0 Å². The zero-order chi connectivity index (χ0) is 17.3. The molecule has 2 aromatic rings. The van der Waals surface area contributed by atoms with Crippen LogP contribution in [0.1, 0.15) is 24.3 Å². The number of nitrogens with zero attached hydrogens (tertiary/aromatic N) is 3. The van der Waals surface area contributed by atoms with Crippen LogP contribution in [0, 0.1) is 5.82 Å². The smallest absolute Gasteiger partial charge is 0.243 e. The zero-order valence-electron chi connectivity index (χ0n) is 12.9. The van der Waals surface area contributed by atoms with Gasteiger partial charge in [0.1, 0.15) is 11.6 Å². The molecule has 4 N–H and O–H groups in total. The van der Waals surface area contributed by atoms with Gasteiger partial charge in [-0.2, -0.15) is 9.29 Å². The van der Waals surface area contributed by atoms with E-state index in [2.05, 4.69) is 9.97 Å². The molecule has 24 heavy (non-hydrogen) atoms. The Bertz CT molecular complexity index is 833. The van der Waals surface area contributed by atoms with E-state index in [4.69, 9.17) is 11.5 Å². The minimum absolute atomic E-state index is 0.0882. The summed E-state index contributed by atoms with van der Waals surface area (Å²) in [6, 6.07) is 4.85. The molecule has 2 heterocycles. The van der Waals surface area contributed by atoms with E-state index in [1.807, 2.05) is 0 Å². The number of nitrogen functional groups attached to an aromatic ring is 2. The van der Waals surface area contributed by atoms with Gasteiger partial charge in [0, 0.05) is 24.8 Å². The van der Waals surface area contributed by atoms with Gasteiger partial charge in [-0.25, -0.2) is 17.8 Å². The second kappa shape index (κ2) is 6.33. The molecule has 1 aliphatic rings. The molecule has 1 aromatic heterocycles. The number of hydrogen-bond acceptors (Lipinski definition) is 6. The quantitative estimate of drug-likeness (QED) is 0.862. The topological polar surface area (TPSA) is 115 Å². The van der Waals surface area contributed by atoms with Crippen LogP contribution in [-0.4, -0.2) is 35.8 Å². The number of nitrogens with two attached hydrogens (primary N) is 2. The maximum absolute atomic E-state index is 13.0. The van der Waals surface area contributed by atoms with Gasteiger partial charge < -0.3 is 11.5 Å². The van der Waals surface area contributed by atoms with Gasteiger partial charge in [0.2, 0.25) is 16.0 Å². The van der Waals surface area contributed by atoms with Crippen LogP contribution in [0.15, 0.2) is 35.4 Å². The molecule has 0 bridgehead atoms. The molecule has 0 atom stereocenters. The molecule has 0 aliphatic carbocycles. The van der Waals surface area contributed by atoms with Crippen LogP contribution in [-0.2, 0) is 10.0 Å². The summed E-state index contributed by atoms with van der Waals surface area (Å²) in [5, 5.41) is 0. The van der Waals surface area contributed by atoms with Crippen molar-refractivity contribution < 1.29 is 12.8 Å². The van der Waals surface area contributed by atoms with Crippen molar-refractivity contribution in [2.75, 3.05) is 24.6 Å². The Morgan fingerprint density at radius 2 is 1.75 bits per heavy atom. The van der Waals surface area contributed by atoms with Crippen molar-refractivity contribution in [1.29, 1.82) is 0 Å². The van der Waals surface area contributed by atoms with Crippen LogP contribution >= 0.6 is 0 Å². The molecular formula is C15H18FN5O2S. The molecule has 0 amide bonds. The second-order valence-electron chi connectivity index (χ2n) is 5.70. The summed E-state index contributed by atoms with van der Waals surface area (Å²) in [6.45, 7) is 0.711. The molecule has 128 valence electrons. The largest absolute Gasteiger partial charge is 0.383 e. The van der Waals surface area contributed by atoms with Gasteiger partial charge in [-0.3, -0.25) is 0 Å². The fraction of sp³-hybridized carbons (Fsp3) is 0.333. The van der Waals surface area contributed by atoms with Gasteiger partial charge in [0.15, 0.2) is 0 Å². The lowest BCUT2D eigenvalue weighted by Crippen LogP contribution is -2.38. The first-order valence-electron chi connectivity index (χ1n) is 7.51. The Hall–Kier alpha value is -2.26. The first-order valence-corrected chi connectivity index (χ1v) is 8.95. The lowest BCUT2D eigenvalue weighted by molar-refractivity contribution is 0.319. The van der Waals surface area contributed by atoms with Crippen molar-refractivity contribution in [3.8, 4) is 0 Å². The fourth-order valence-corrected chi connectivity index (χ4v) is 4.37. The molecule has 0 saturated carbocycles. The maximum atomic E-state index is 13.0. The minimum atomic E-state index is -3.62. The van der Waals surface area contributed by atoms with Crippen molar-refractivity contribution in [3.63, 3.8) is 0 Å². The number of anilines is 2. The SMILES string of the molecule is Nc1ncc(C2CCN(S(=O)(=O)c3ccc(F)cc3)CC2)c(N)n1. The van der Waals surface area contributed by atoms with Crippen LogP contribution in [0.5, 0.6) is 0 Å². The van der Waals surface area contributed by atoms with Crippen LogP contribution in [0.4, 0.5) is 16.2 Å². The summed E-state index contributed by atoms with van der Waals surface area (Å²) in [5.74, 6) is 0.0756. The third-order valence-electron chi connectivity index (χ3n) is 4.21. The van der Waals surface area contributed by atoms with Crippen LogP contribution in [0.25, 0.3) is 0 Å². The molecule has 3 rings (SSSR count). The molecule has 7 nitrogen and oxygen atoms in total. The van der Waals surface area contributed by atoms with Crippen molar-refractivity contribution in [2.24, 2.45) is 0 Å². The Kier molecular flexibility index (Phi) is 4.37. The molecule has 1 aromatic carbocycles. The van der Waals surface area contributed by atoms with E-state index in [9.17, 15) is 12.8 Å². The minimum Gasteiger partial charge on any atom is -0.383 e. The molecule has 1 aliphatic heterocycles. The molecular weight excluding hydrogens is 333 g/mol. The van der Waals surface area contributed by atoms with Crippen LogP contribution in [0.3, 0.4) is 0 Å². The lowest BCUT2D eigenvalue weighted by Gasteiger charge is -2.31. The molecule has 1 saturated heterocycles. The summed E-state index contributed by atoms with van der Waals surface area (Å²) < 4.78 is 39.6. The van der Waals surface area contributed by atoms with E-state index in [1.165, 1.54) is 16.4 Å². The average molecular weight is 351 g/mol. The molecule has 0 radical (unpaired) electrons. The molecule has 0 spiro atoms. The Morgan fingerprint density at radius 1 is 1.12 bits per heavy atom. The Labute approximate surface area is 139 Å². The van der Waals surface area contributed by atoms with Crippen molar-refractivity contribution in [2.45, 2.75) is 23.7 Å². The van der Waals surface area contributed by atoms with Gasteiger partial charge in [-0.05, 0) is 43.0 Å². The highest BCUT2D eigenvalue weighted by Gasteiger charge is 2.30. The van der Waals surface area contributed by atoms with Crippen molar-refractivity contribution in [3.05, 3.63) is 41.8 Å². The number of hydrogen-bond donors (Lipinski definition) is 2. The molecule has 9 heteroatoms. The standard InChI is InChI=1S/C15H18FN5O2S/c16-11-1-3-12(4-2-11)24(22,23)21-7-5-10(6-8-21)13-9-19-15(18)20-14(13)17/h1-4,9-10H,5-8H2,(H4,17,18,19,20). The molecule has 1 fully saturated rings. The van der Waals surface area contributed by atoms with Crippen LogP contribution < -0.4 is 11.5 Å². The monoisotopic (exact) mass is 351 g/mol. The summed E-state index contributed by atoms with van der Waals surface area (Å²) in [6.07, 6.45) is 2.82. The van der Waals surface area contributed by atoms with E-state index in [1.54, 1.807) is 6.20 Å². The number of benzene rings is 1. The highest BCUT2D eigenvalue weighted by molar-refractivity contribution is 7.89. The number of aromatic nitrogens is 2. The number of rotatable bonds is 3. The van der Waals surface area contributed by atoms with E-state index < -0.39 is 15.8 Å². The predicted molar refractivity (Wildman–Crippen MR) is 88.0 cm³/mol. The highest BCUT2D eigenvalue weighted by Crippen LogP contribution is 2.32. The van der Waals surface area contributed by atoms with Gasteiger partial charge in [-0.15, -0.1) is 0 Å². The summed E-state index contributed by atoms with van der Waals surface area (Å²) >= 11 is 0. The predicted octanol–water partition coefficient (Wildman–Crippen LogP) is 1.35. The summed E-state index contributed by atoms with van der Waals surface area (Å²) in [5.41, 5.74) is 12.2. The van der Waals surface area contributed by atoms with E-state index in [0.717, 1.165) is 17.7 Å². The third kappa shape index (κ3) is 3.17.